The largest absolute Gasteiger partial charge is 0.347 e. The van der Waals surface area contributed by atoms with Crippen LogP contribution in [0.1, 0.15) is 51.0 Å². The highest BCUT2D eigenvalue weighted by atomic mass is 16.2. The van der Waals surface area contributed by atoms with Crippen LogP contribution in [0.3, 0.4) is 0 Å². The van der Waals surface area contributed by atoms with Crippen LogP contribution in [-0.2, 0) is 20.9 Å². The smallest absolute Gasteiger partial charge is 0.242 e. The fraction of sp³-hybridized carbons (Fsp3) is 0.654. The topological polar surface area (TPSA) is 81.8 Å². The van der Waals surface area contributed by atoms with Crippen LogP contribution < -0.4 is 10.6 Å². The fourth-order valence-corrected chi connectivity index (χ4v) is 7.23. The molecular formula is C26H36N4O3. The first-order chi connectivity index (χ1) is 15.9. The van der Waals surface area contributed by atoms with Gasteiger partial charge >= 0.3 is 0 Å². The van der Waals surface area contributed by atoms with Crippen LogP contribution in [0, 0.1) is 23.2 Å². The highest BCUT2D eigenvalue weighted by Gasteiger charge is 2.57. The predicted molar refractivity (Wildman–Crippen MR) is 126 cm³/mol. The van der Waals surface area contributed by atoms with E-state index in [2.05, 4.69) is 15.5 Å². The van der Waals surface area contributed by atoms with Crippen LogP contribution in [0.4, 0.5) is 5.69 Å². The minimum Gasteiger partial charge on any atom is -0.347 e. The second-order valence-corrected chi connectivity index (χ2v) is 10.9. The molecule has 2 unspecified atom stereocenters. The molecule has 3 amide bonds. The standard InChI is InChI=1S/C26H36N4O3/c1-18(31)28-23-4-2-19(3-5-23)17-29-6-8-30(9-7-29)25(33)16-27-24(32)15-26-13-20-10-21(14-26)12-22(26)11-20/h2-5,20-22H,6-17H2,1H3,(H,27,32)(H,28,31). The summed E-state index contributed by atoms with van der Waals surface area (Å²) in [7, 11) is 0. The average Bonchev–Trinajstić information content (AvgIpc) is 3.16. The predicted octanol–water partition coefficient (Wildman–Crippen LogP) is 2.62. The lowest BCUT2D eigenvalue weighted by molar-refractivity contribution is -0.135. The maximum atomic E-state index is 12.7. The zero-order valence-electron chi connectivity index (χ0n) is 19.6. The third-order valence-corrected chi connectivity index (χ3v) is 8.51. The van der Waals surface area contributed by atoms with E-state index < -0.39 is 0 Å². The van der Waals surface area contributed by atoms with Crippen molar-refractivity contribution in [2.75, 3.05) is 38.0 Å². The van der Waals surface area contributed by atoms with Crippen molar-refractivity contribution in [3.63, 3.8) is 0 Å². The molecule has 5 fully saturated rings. The van der Waals surface area contributed by atoms with E-state index in [4.69, 9.17) is 0 Å². The number of rotatable bonds is 7. The van der Waals surface area contributed by atoms with Crippen LogP contribution in [0.2, 0.25) is 0 Å². The summed E-state index contributed by atoms with van der Waals surface area (Å²) < 4.78 is 0. The summed E-state index contributed by atoms with van der Waals surface area (Å²) in [5.41, 5.74) is 2.23. The second kappa shape index (κ2) is 9.09. The van der Waals surface area contributed by atoms with Crippen LogP contribution in [-0.4, -0.2) is 60.2 Å². The molecule has 4 bridgehead atoms. The first kappa shape index (κ1) is 22.4. The van der Waals surface area contributed by atoms with Gasteiger partial charge in [0.1, 0.15) is 0 Å². The van der Waals surface area contributed by atoms with E-state index in [0.717, 1.165) is 43.1 Å². The van der Waals surface area contributed by atoms with Gasteiger partial charge in [0, 0.05) is 51.8 Å². The number of carbonyl (C=O) groups is 3. The van der Waals surface area contributed by atoms with Crippen molar-refractivity contribution >= 4 is 23.4 Å². The highest BCUT2D eigenvalue weighted by molar-refractivity contribution is 5.88. The molecule has 0 aromatic heterocycles. The molecule has 33 heavy (non-hydrogen) atoms. The molecule has 6 rings (SSSR count). The molecule has 178 valence electrons. The van der Waals surface area contributed by atoms with E-state index in [1.807, 2.05) is 29.2 Å². The number of hydrogen-bond acceptors (Lipinski definition) is 4. The van der Waals surface area contributed by atoms with Gasteiger partial charge in [0.25, 0.3) is 0 Å². The van der Waals surface area contributed by atoms with Crippen molar-refractivity contribution in [3.05, 3.63) is 29.8 Å². The molecule has 1 aromatic rings. The maximum Gasteiger partial charge on any atom is 0.242 e. The SMILES string of the molecule is CC(=O)Nc1ccc(CN2CCN(C(=O)CNC(=O)CC34CC5CC(CC3C5)C4)CC2)cc1. The number of piperazine rings is 1. The quantitative estimate of drug-likeness (QED) is 0.666. The van der Waals surface area contributed by atoms with Crippen molar-refractivity contribution in [1.82, 2.24) is 15.1 Å². The lowest BCUT2D eigenvalue weighted by atomic mass is 9.73. The molecular weight excluding hydrogens is 416 g/mol. The Labute approximate surface area is 196 Å². The van der Waals surface area contributed by atoms with E-state index in [-0.39, 0.29) is 29.7 Å². The van der Waals surface area contributed by atoms with E-state index in [0.29, 0.717) is 19.5 Å². The second-order valence-electron chi connectivity index (χ2n) is 10.9. The molecule has 1 saturated heterocycles. The van der Waals surface area contributed by atoms with Gasteiger partial charge in [0.15, 0.2) is 0 Å². The Morgan fingerprint density at radius 3 is 2.27 bits per heavy atom. The Kier molecular flexibility index (Phi) is 6.16. The van der Waals surface area contributed by atoms with Crippen LogP contribution in [0.25, 0.3) is 0 Å². The molecule has 5 aliphatic rings. The van der Waals surface area contributed by atoms with E-state index >= 15 is 0 Å². The van der Waals surface area contributed by atoms with Crippen molar-refractivity contribution in [3.8, 4) is 0 Å². The van der Waals surface area contributed by atoms with Crippen LogP contribution in [0.15, 0.2) is 24.3 Å². The summed E-state index contributed by atoms with van der Waals surface area (Å²) in [6, 6.07) is 7.89. The lowest BCUT2D eigenvalue weighted by Crippen LogP contribution is -2.51. The number of benzene rings is 1. The molecule has 2 atom stereocenters. The Morgan fingerprint density at radius 2 is 1.64 bits per heavy atom. The fourth-order valence-electron chi connectivity index (χ4n) is 7.23. The lowest BCUT2D eigenvalue weighted by Gasteiger charge is -2.35. The van der Waals surface area contributed by atoms with Gasteiger partial charge in [-0.15, -0.1) is 0 Å². The van der Waals surface area contributed by atoms with Gasteiger partial charge in [-0.05, 0) is 73.0 Å². The summed E-state index contributed by atoms with van der Waals surface area (Å²) >= 11 is 0. The van der Waals surface area contributed by atoms with Gasteiger partial charge < -0.3 is 15.5 Å². The van der Waals surface area contributed by atoms with Crippen molar-refractivity contribution in [2.45, 2.75) is 52.0 Å². The zero-order chi connectivity index (χ0) is 23.0. The summed E-state index contributed by atoms with van der Waals surface area (Å²) in [4.78, 5) is 40.7. The van der Waals surface area contributed by atoms with Crippen LogP contribution >= 0.6 is 0 Å². The van der Waals surface area contributed by atoms with Gasteiger partial charge in [-0.25, -0.2) is 0 Å². The molecule has 1 heterocycles. The Bertz CT molecular complexity index is 893. The van der Waals surface area contributed by atoms with Gasteiger partial charge in [-0.3, -0.25) is 19.3 Å². The number of hydrogen-bond donors (Lipinski definition) is 2. The molecule has 1 aromatic carbocycles. The maximum absolute atomic E-state index is 12.7. The van der Waals surface area contributed by atoms with Crippen molar-refractivity contribution in [1.29, 1.82) is 0 Å². The third kappa shape index (κ3) is 4.93. The highest BCUT2D eigenvalue weighted by Crippen LogP contribution is 2.66. The first-order valence-corrected chi connectivity index (χ1v) is 12.5. The van der Waals surface area contributed by atoms with E-state index in [9.17, 15) is 14.4 Å². The minimum atomic E-state index is -0.0721. The van der Waals surface area contributed by atoms with Crippen molar-refractivity contribution in [2.24, 2.45) is 23.2 Å². The van der Waals surface area contributed by atoms with Gasteiger partial charge in [-0.1, -0.05) is 12.1 Å². The number of nitrogens with one attached hydrogen (secondary N) is 2. The normalized spacial score (nSPS) is 30.5. The number of carbonyl (C=O) groups excluding carboxylic acids is 3. The van der Waals surface area contributed by atoms with E-state index in [1.54, 1.807) is 0 Å². The van der Waals surface area contributed by atoms with Crippen LogP contribution in [0.5, 0.6) is 0 Å². The monoisotopic (exact) mass is 452 g/mol. The molecule has 1 aliphatic heterocycles. The first-order valence-electron chi connectivity index (χ1n) is 12.5. The number of anilines is 1. The molecule has 0 radical (unpaired) electrons. The molecule has 4 saturated carbocycles. The molecule has 7 nitrogen and oxygen atoms in total. The average molecular weight is 453 g/mol. The summed E-state index contributed by atoms with van der Waals surface area (Å²) in [5, 5.41) is 5.72. The zero-order valence-corrected chi connectivity index (χ0v) is 19.6. The van der Waals surface area contributed by atoms with Gasteiger partial charge in [0.2, 0.25) is 17.7 Å². The van der Waals surface area contributed by atoms with Gasteiger partial charge in [-0.2, -0.15) is 0 Å². The molecule has 4 aliphatic carbocycles. The van der Waals surface area contributed by atoms with Crippen molar-refractivity contribution < 1.29 is 14.4 Å². The summed E-state index contributed by atoms with van der Waals surface area (Å²) in [6.45, 7) is 5.47. The third-order valence-electron chi connectivity index (χ3n) is 8.51. The summed E-state index contributed by atoms with van der Waals surface area (Å²) in [6.07, 6.45) is 7.11. The Balaban J connectivity index is 1.03. The number of amides is 3. The van der Waals surface area contributed by atoms with Gasteiger partial charge in [0.05, 0.1) is 6.54 Å². The molecule has 7 heteroatoms. The molecule has 2 N–H and O–H groups in total. The summed E-state index contributed by atoms with van der Waals surface area (Å²) in [5.74, 6) is 2.47. The number of nitrogens with zero attached hydrogens (tertiary/aromatic N) is 2. The van der Waals surface area contributed by atoms with E-state index in [1.165, 1.54) is 44.6 Å². The molecule has 0 spiro atoms. The Morgan fingerprint density at radius 1 is 0.970 bits per heavy atom. The minimum absolute atomic E-state index is 0.0254. The Hall–Kier alpha value is -2.41.